The SMILES string of the molecule is CCCn1nccc1C(NN)c1cncs1. The number of hydrogen-bond donors (Lipinski definition) is 2. The Morgan fingerprint density at radius 2 is 2.50 bits per heavy atom. The van der Waals surface area contributed by atoms with Crippen LogP contribution in [0.5, 0.6) is 0 Å². The van der Waals surface area contributed by atoms with Gasteiger partial charge in [-0.2, -0.15) is 5.10 Å². The second-order valence-electron chi connectivity index (χ2n) is 3.48. The number of nitrogens with one attached hydrogen (secondary N) is 1. The molecule has 5 nitrogen and oxygen atoms in total. The molecular weight excluding hydrogens is 222 g/mol. The van der Waals surface area contributed by atoms with E-state index in [1.807, 2.05) is 16.9 Å². The summed E-state index contributed by atoms with van der Waals surface area (Å²) in [5.74, 6) is 5.61. The van der Waals surface area contributed by atoms with Gasteiger partial charge in [-0.1, -0.05) is 6.92 Å². The molecule has 0 saturated heterocycles. The number of nitrogens with zero attached hydrogens (tertiary/aromatic N) is 3. The molecule has 2 aromatic heterocycles. The first kappa shape index (κ1) is 11.3. The van der Waals surface area contributed by atoms with E-state index in [9.17, 15) is 0 Å². The molecule has 2 aromatic rings. The number of thiazole rings is 1. The van der Waals surface area contributed by atoms with Crippen LogP contribution in [0.25, 0.3) is 0 Å². The van der Waals surface area contributed by atoms with E-state index >= 15 is 0 Å². The van der Waals surface area contributed by atoms with Crippen LogP contribution in [-0.4, -0.2) is 14.8 Å². The Hall–Kier alpha value is -1.24. The maximum atomic E-state index is 5.61. The fourth-order valence-corrected chi connectivity index (χ4v) is 2.36. The predicted octanol–water partition coefficient (Wildman–Crippen LogP) is 1.30. The lowest BCUT2D eigenvalue weighted by Gasteiger charge is -2.15. The Balaban J connectivity index is 2.30. The van der Waals surface area contributed by atoms with Gasteiger partial charge in [0, 0.05) is 23.8 Å². The van der Waals surface area contributed by atoms with Crippen LogP contribution in [0.3, 0.4) is 0 Å². The topological polar surface area (TPSA) is 68.8 Å². The van der Waals surface area contributed by atoms with Crippen molar-refractivity contribution in [1.82, 2.24) is 20.2 Å². The van der Waals surface area contributed by atoms with Gasteiger partial charge < -0.3 is 0 Å². The molecule has 0 aromatic carbocycles. The predicted molar refractivity (Wildman–Crippen MR) is 63.8 cm³/mol. The van der Waals surface area contributed by atoms with E-state index in [2.05, 4.69) is 22.4 Å². The molecule has 2 heterocycles. The summed E-state index contributed by atoms with van der Waals surface area (Å²) in [6, 6.07) is 1.96. The molecule has 1 unspecified atom stereocenters. The summed E-state index contributed by atoms with van der Waals surface area (Å²) in [7, 11) is 0. The van der Waals surface area contributed by atoms with Gasteiger partial charge in [0.1, 0.15) is 0 Å². The first-order valence-electron chi connectivity index (χ1n) is 5.23. The van der Waals surface area contributed by atoms with Crippen molar-refractivity contribution in [2.75, 3.05) is 0 Å². The van der Waals surface area contributed by atoms with Gasteiger partial charge in [0.05, 0.1) is 17.2 Å². The summed E-state index contributed by atoms with van der Waals surface area (Å²) >= 11 is 1.59. The lowest BCUT2D eigenvalue weighted by atomic mass is 10.2. The normalized spacial score (nSPS) is 12.9. The molecule has 0 bridgehead atoms. The Kier molecular flexibility index (Phi) is 3.66. The van der Waals surface area contributed by atoms with Gasteiger partial charge in [0.2, 0.25) is 0 Å². The zero-order chi connectivity index (χ0) is 11.4. The monoisotopic (exact) mass is 237 g/mol. The van der Waals surface area contributed by atoms with E-state index in [1.54, 1.807) is 23.0 Å². The highest BCUT2D eigenvalue weighted by Crippen LogP contribution is 2.23. The van der Waals surface area contributed by atoms with Crippen molar-refractivity contribution in [3.8, 4) is 0 Å². The molecule has 1 atom stereocenters. The van der Waals surface area contributed by atoms with E-state index in [-0.39, 0.29) is 6.04 Å². The Morgan fingerprint density at radius 1 is 1.62 bits per heavy atom. The standard InChI is InChI=1S/C10H15N5S/c1-2-5-15-8(3-4-13-15)10(14-11)9-6-12-7-16-9/h3-4,6-7,10,14H,2,5,11H2,1H3. The zero-order valence-corrected chi connectivity index (χ0v) is 9.94. The van der Waals surface area contributed by atoms with Gasteiger partial charge in [0.25, 0.3) is 0 Å². The molecule has 0 aliphatic carbocycles. The van der Waals surface area contributed by atoms with E-state index in [0.29, 0.717) is 0 Å². The third kappa shape index (κ3) is 2.13. The number of hydrogen-bond acceptors (Lipinski definition) is 5. The van der Waals surface area contributed by atoms with Crippen molar-refractivity contribution >= 4 is 11.3 Å². The van der Waals surface area contributed by atoms with Crippen molar-refractivity contribution in [3.63, 3.8) is 0 Å². The van der Waals surface area contributed by atoms with E-state index < -0.39 is 0 Å². The molecular formula is C10H15N5S. The summed E-state index contributed by atoms with van der Waals surface area (Å²) in [4.78, 5) is 5.17. The van der Waals surface area contributed by atoms with Crippen LogP contribution in [0.2, 0.25) is 0 Å². The third-order valence-electron chi connectivity index (χ3n) is 2.38. The first-order valence-corrected chi connectivity index (χ1v) is 6.11. The summed E-state index contributed by atoms with van der Waals surface area (Å²) in [6.07, 6.45) is 4.68. The van der Waals surface area contributed by atoms with Crippen LogP contribution >= 0.6 is 11.3 Å². The van der Waals surface area contributed by atoms with Crippen LogP contribution in [-0.2, 0) is 6.54 Å². The maximum absolute atomic E-state index is 5.61. The number of hydrazine groups is 1. The summed E-state index contributed by atoms with van der Waals surface area (Å²) in [6.45, 7) is 3.03. The fourth-order valence-electron chi connectivity index (χ4n) is 1.67. The molecule has 16 heavy (non-hydrogen) atoms. The number of aryl methyl sites for hydroxylation is 1. The highest BCUT2D eigenvalue weighted by atomic mass is 32.1. The molecule has 0 aliphatic rings. The van der Waals surface area contributed by atoms with Gasteiger partial charge in [0.15, 0.2) is 0 Å². The van der Waals surface area contributed by atoms with Gasteiger partial charge in [-0.3, -0.25) is 15.5 Å². The van der Waals surface area contributed by atoms with Crippen LogP contribution in [0.15, 0.2) is 24.0 Å². The molecule has 3 N–H and O–H groups in total. The molecule has 0 amide bonds. The molecule has 2 rings (SSSR count). The summed E-state index contributed by atoms with van der Waals surface area (Å²) in [5, 5.41) is 4.29. The fraction of sp³-hybridized carbons (Fsp3) is 0.400. The molecule has 86 valence electrons. The zero-order valence-electron chi connectivity index (χ0n) is 9.13. The largest absolute Gasteiger partial charge is 0.270 e. The Labute approximate surface area is 98.3 Å². The van der Waals surface area contributed by atoms with Crippen LogP contribution < -0.4 is 11.3 Å². The second-order valence-corrected chi connectivity index (χ2v) is 4.40. The van der Waals surface area contributed by atoms with E-state index in [0.717, 1.165) is 23.5 Å². The molecule has 0 fully saturated rings. The van der Waals surface area contributed by atoms with Crippen LogP contribution in [0, 0.1) is 0 Å². The Morgan fingerprint density at radius 3 is 3.12 bits per heavy atom. The average Bonchev–Trinajstić information content (AvgIpc) is 2.92. The number of aromatic nitrogens is 3. The highest BCUT2D eigenvalue weighted by molar-refractivity contribution is 7.09. The van der Waals surface area contributed by atoms with Gasteiger partial charge in [-0.15, -0.1) is 11.3 Å². The lowest BCUT2D eigenvalue weighted by Crippen LogP contribution is -2.30. The first-order chi connectivity index (χ1) is 7.86. The molecule has 6 heteroatoms. The molecule has 0 saturated carbocycles. The van der Waals surface area contributed by atoms with Crippen molar-refractivity contribution in [3.05, 3.63) is 34.5 Å². The minimum Gasteiger partial charge on any atom is -0.270 e. The average molecular weight is 237 g/mol. The third-order valence-corrected chi connectivity index (χ3v) is 3.22. The highest BCUT2D eigenvalue weighted by Gasteiger charge is 2.17. The molecule has 0 aliphatic heterocycles. The van der Waals surface area contributed by atoms with Crippen molar-refractivity contribution in [2.24, 2.45) is 5.84 Å². The van der Waals surface area contributed by atoms with Crippen molar-refractivity contribution < 1.29 is 0 Å². The van der Waals surface area contributed by atoms with Gasteiger partial charge in [-0.25, -0.2) is 5.43 Å². The molecule has 0 radical (unpaired) electrons. The lowest BCUT2D eigenvalue weighted by molar-refractivity contribution is 0.524. The maximum Gasteiger partial charge on any atom is 0.0986 e. The van der Waals surface area contributed by atoms with Gasteiger partial charge >= 0.3 is 0 Å². The van der Waals surface area contributed by atoms with Crippen molar-refractivity contribution in [2.45, 2.75) is 25.9 Å². The smallest absolute Gasteiger partial charge is 0.0986 e. The van der Waals surface area contributed by atoms with Crippen LogP contribution in [0.4, 0.5) is 0 Å². The van der Waals surface area contributed by atoms with Gasteiger partial charge in [-0.05, 0) is 12.5 Å². The van der Waals surface area contributed by atoms with Crippen LogP contribution in [0.1, 0.15) is 30.0 Å². The minimum atomic E-state index is -0.0263. The second kappa shape index (κ2) is 5.20. The van der Waals surface area contributed by atoms with Crippen molar-refractivity contribution in [1.29, 1.82) is 0 Å². The van der Waals surface area contributed by atoms with E-state index in [1.165, 1.54) is 0 Å². The summed E-state index contributed by atoms with van der Waals surface area (Å²) < 4.78 is 1.98. The Bertz CT molecular complexity index is 422. The number of nitrogens with two attached hydrogens (primary N) is 1. The molecule has 0 spiro atoms. The summed E-state index contributed by atoms with van der Waals surface area (Å²) in [5.41, 5.74) is 5.70. The minimum absolute atomic E-state index is 0.0263. The number of rotatable bonds is 5. The quantitative estimate of drug-likeness (QED) is 0.607. The van der Waals surface area contributed by atoms with E-state index in [4.69, 9.17) is 5.84 Å².